The molecule has 0 aliphatic heterocycles. The van der Waals surface area contributed by atoms with Gasteiger partial charge in [0.25, 0.3) is 0 Å². The van der Waals surface area contributed by atoms with Crippen molar-refractivity contribution in [1.29, 1.82) is 0 Å². The van der Waals surface area contributed by atoms with Crippen molar-refractivity contribution in [2.75, 3.05) is 13.7 Å². The van der Waals surface area contributed by atoms with Crippen LogP contribution in [0.25, 0.3) is 0 Å². The summed E-state index contributed by atoms with van der Waals surface area (Å²) in [7, 11) is 1.51. The lowest BCUT2D eigenvalue weighted by molar-refractivity contribution is 0.370. The minimum absolute atomic E-state index is 0.180. The highest BCUT2D eigenvalue weighted by Crippen LogP contribution is 2.34. The fourth-order valence-corrected chi connectivity index (χ4v) is 1.67. The highest BCUT2D eigenvalue weighted by molar-refractivity contribution is 6.30. The summed E-state index contributed by atoms with van der Waals surface area (Å²) >= 11 is 5.90. The van der Waals surface area contributed by atoms with Gasteiger partial charge in [0.1, 0.15) is 0 Å². The van der Waals surface area contributed by atoms with E-state index in [2.05, 4.69) is 0 Å². The van der Waals surface area contributed by atoms with Gasteiger partial charge in [-0.1, -0.05) is 11.6 Å². The van der Waals surface area contributed by atoms with E-state index in [1.807, 2.05) is 0 Å². The molecule has 15 heavy (non-hydrogen) atoms. The Balaban J connectivity index is 2.81. The first-order valence-corrected chi connectivity index (χ1v) is 5.32. The van der Waals surface area contributed by atoms with Gasteiger partial charge >= 0.3 is 0 Å². The number of halogens is 1. The fourth-order valence-electron chi connectivity index (χ4n) is 1.43. The molecule has 0 atom stereocenters. The maximum Gasteiger partial charge on any atom is 0.162 e. The van der Waals surface area contributed by atoms with Gasteiger partial charge in [-0.2, -0.15) is 0 Å². The van der Waals surface area contributed by atoms with Gasteiger partial charge in [-0.25, -0.2) is 0 Å². The van der Waals surface area contributed by atoms with Crippen LogP contribution in [0.3, 0.4) is 0 Å². The third-order valence-corrected chi connectivity index (χ3v) is 2.46. The molecule has 3 nitrogen and oxygen atoms in total. The van der Waals surface area contributed by atoms with Crippen molar-refractivity contribution >= 4 is 11.6 Å². The minimum atomic E-state index is 0.180. The standard InChI is InChI=1S/C11H16ClNO2/c1-15-10-7-9(12)6-8(11(10)14)4-2-3-5-13/h6-7,14H,2-5,13H2,1H3. The lowest BCUT2D eigenvalue weighted by atomic mass is 10.1. The second-order valence-corrected chi connectivity index (χ2v) is 3.80. The van der Waals surface area contributed by atoms with Crippen LogP contribution in [0, 0.1) is 0 Å². The topological polar surface area (TPSA) is 55.5 Å². The molecule has 0 spiro atoms. The number of hydrogen-bond donors (Lipinski definition) is 2. The molecule has 1 aromatic carbocycles. The van der Waals surface area contributed by atoms with Gasteiger partial charge in [-0.3, -0.25) is 0 Å². The van der Waals surface area contributed by atoms with Gasteiger partial charge in [0.05, 0.1) is 7.11 Å². The molecule has 0 aromatic heterocycles. The summed E-state index contributed by atoms with van der Waals surface area (Å²) in [4.78, 5) is 0. The van der Waals surface area contributed by atoms with Crippen LogP contribution in [0.4, 0.5) is 0 Å². The van der Waals surface area contributed by atoms with Gasteiger partial charge in [0, 0.05) is 11.1 Å². The van der Waals surface area contributed by atoms with E-state index in [9.17, 15) is 5.11 Å². The molecule has 0 radical (unpaired) electrons. The zero-order valence-corrected chi connectivity index (χ0v) is 9.55. The van der Waals surface area contributed by atoms with E-state index in [1.54, 1.807) is 12.1 Å². The normalized spacial score (nSPS) is 10.3. The molecule has 1 rings (SSSR count). The van der Waals surface area contributed by atoms with Crippen LogP contribution in [-0.4, -0.2) is 18.8 Å². The van der Waals surface area contributed by atoms with Crippen LogP contribution >= 0.6 is 11.6 Å². The zero-order chi connectivity index (χ0) is 11.3. The van der Waals surface area contributed by atoms with Crippen molar-refractivity contribution in [3.63, 3.8) is 0 Å². The highest BCUT2D eigenvalue weighted by Gasteiger charge is 2.09. The third kappa shape index (κ3) is 3.29. The lowest BCUT2D eigenvalue weighted by Crippen LogP contribution is -1.99. The number of unbranched alkanes of at least 4 members (excludes halogenated alkanes) is 1. The number of phenols is 1. The van der Waals surface area contributed by atoms with Crippen molar-refractivity contribution in [3.8, 4) is 11.5 Å². The van der Waals surface area contributed by atoms with Crippen LogP contribution in [0.15, 0.2) is 12.1 Å². The van der Waals surface area contributed by atoms with E-state index in [-0.39, 0.29) is 5.75 Å². The number of aryl methyl sites for hydroxylation is 1. The van der Waals surface area contributed by atoms with E-state index < -0.39 is 0 Å². The third-order valence-electron chi connectivity index (χ3n) is 2.24. The highest BCUT2D eigenvalue weighted by atomic mass is 35.5. The Morgan fingerprint density at radius 1 is 1.40 bits per heavy atom. The maximum atomic E-state index is 9.80. The van der Waals surface area contributed by atoms with Crippen LogP contribution in [0.2, 0.25) is 5.02 Å². The number of methoxy groups -OCH3 is 1. The predicted octanol–water partition coefficient (Wildman–Crippen LogP) is 2.34. The van der Waals surface area contributed by atoms with Crippen molar-refractivity contribution in [2.24, 2.45) is 5.73 Å². The number of hydrogen-bond acceptors (Lipinski definition) is 3. The summed E-state index contributed by atoms with van der Waals surface area (Å²) in [5.41, 5.74) is 6.22. The summed E-state index contributed by atoms with van der Waals surface area (Å²) in [5, 5.41) is 10.4. The average Bonchev–Trinajstić information content (AvgIpc) is 2.23. The molecule has 0 aliphatic carbocycles. The SMILES string of the molecule is COc1cc(Cl)cc(CCCCN)c1O. The molecule has 0 fully saturated rings. The molecule has 0 unspecified atom stereocenters. The monoisotopic (exact) mass is 229 g/mol. The van der Waals surface area contributed by atoms with Gasteiger partial charge in [-0.15, -0.1) is 0 Å². The van der Waals surface area contributed by atoms with Gasteiger partial charge in [0.2, 0.25) is 0 Å². The largest absolute Gasteiger partial charge is 0.504 e. The number of benzene rings is 1. The van der Waals surface area contributed by atoms with Crippen LogP contribution < -0.4 is 10.5 Å². The van der Waals surface area contributed by atoms with Crippen LogP contribution in [0.5, 0.6) is 11.5 Å². The van der Waals surface area contributed by atoms with Crippen molar-refractivity contribution in [1.82, 2.24) is 0 Å². The molecule has 0 bridgehead atoms. The Bertz CT molecular complexity index is 329. The Morgan fingerprint density at radius 3 is 2.73 bits per heavy atom. The Hall–Kier alpha value is -0.930. The second-order valence-electron chi connectivity index (χ2n) is 3.36. The zero-order valence-electron chi connectivity index (χ0n) is 8.79. The molecular weight excluding hydrogens is 214 g/mol. The van der Waals surface area contributed by atoms with Gasteiger partial charge in [0.15, 0.2) is 11.5 Å². The van der Waals surface area contributed by atoms with Crippen molar-refractivity contribution in [3.05, 3.63) is 22.7 Å². The summed E-state index contributed by atoms with van der Waals surface area (Å²) in [6.45, 7) is 0.665. The molecule has 3 N–H and O–H groups in total. The molecule has 0 saturated heterocycles. The fraction of sp³-hybridized carbons (Fsp3) is 0.455. The average molecular weight is 230 g/mol. The minimum Gasteiger partial charge on any atom is -0.504 e. The smallest absolute Gasteiger partial charge is 0.162 e. The van der Waals surface area contributed by atoms with E-state index in [0.29, 0.717) is 17.3 Å². The van der Waals surface area contributed by atoms with Crippen molar-refractivity contribution in [2.45, 2.75) is 19.3 Å². The first-order valence-electron chi connectivity index (χ1n) is 4.94. The van der Waals surface area contributed by atoms with E-state index in [4.69, 9.17) is 22.1 Å². The molecular formula is C11H16ClNO2. The summed E-state index contributed by atoms with van der Waals surface area (Å²) < 4.78 is 5.01. The number of rotatable bonds is 5. The predicted molar refractivity (Wildman–Crippen MR) is 61.7 cm³/mol. The number of phenolic OH excluding ortho intramolecular Hbond substituents is 1. The van der Waals surface area contributed by atoms with E-state index in [1.165, 1.54) is 7.11 Å². The number of aromatic hydroxyl groups is 1. The Morgan fingerprint density at radius 2 is 2.13 bits per heavy atom. The maximum absolute atomic E-state index is 9.80. The Kier molecular flexibility index (Phi) is 4.72. The quantitative estimate of drug-likeness (QED) is 0.762. The molecule has 0 saturated carbocycles. The van der Waals surface area contributed by atoms with Crippen LogP contribution in [-0.2, 0) is 6.42 Å². The molecule has 0 amide bonds. The molecule has 1 aromatic rings. The Labute approximate surface area is 94.8 Å². The summed E-state index contributed by atoms with van der Waals surface area (Å²) in [6, 6.07) is 3.36. The van der Waals surface area contributed by atoms with Gasteiger partial charge in [-0.05, 0) is 37.4 Å². The first kappa shape index (κ1) is 12.1. The number of ether oxygens (including phenoxy) is 1. The first-order chi connectivity index (χ1) is 7.19. The van der Waals surface area contributed by atoms with E-state index in [0.717, 1.165) is 24.8 Å². The summed E-state index contributed by atoms with van der Waals surface area (Å²) in [6.07, 6.45) is 2.64. The summed E-state index contributed by atoms with van der Waals surface area (Å²) in [5.74, 6) is 0.601. The lowest BCUT2D eigenvalue weighted by Gasteiger charge is -2.09. The van der Waals surface area contributed by atoms with E-state index >= 15 is 0 Å². The van der Waals surface area contributed by atoms with Gasteiger partial charge < -0.3 is 15.6 Å². The molecule has 0 heterocycles. The molecule has 4 heteroatoms. The second kappa shape index (κ2) is 5.83. The molecule has 0 aliphatic rings. The molecule has 84 valence electrons. The van der Waals surface area contributed by atoms with Crippen LogP contribution in [0.1, 0.15) is 18.4 Å². The van der Waals surface area contributed by atoms with Crippen molar-refractivity contribution < 1.29 is 9.84 Å². The number of nitrogens with two attached hydrogens (primary N) is 1.